The number of aromatic nitrogens is 1. The maximum Gasteiger partial charge on any atom is 0.490 e. The van der Waals surface area contributed by atoms with Crippen molar-refractivity contribution in [2.45, 2.75) is 6.18 Å². The Morgan fingerprint density at radius 3 is 2.50 bits per heavy atom. The molecular formula is C9H6F3NO2S. The summed E-state index contributed by atoms with van der Waals surface area (Å²) in [5.74, 6) is -2.76. The molecule has 0 atom stereocenters. The van der Waals surface area contributed by atoms with Crippen LogP contribution in [-0.2, 0) is 4.79 Å². The molecule has 3 nitrogen and oxygen atoms in total. The van der Waals surface area contributed by atoms with E-state index in [0.717, 1.165) is 4.83 Å². The number of hydrogen-bond donors (Lipinski definition) is 1. The van der Waals surface area contributed by atoms with Crippen LogP contribution in [0.5, 0.6) is 0 Å². The van der Waals surface area contributed by atoms with Crippen molar-refractivity contribution in [1.29, 1.82) is 0 Å². The lowest BCUT2D eigenvalue weighted by Crippen LogP contribution is -2.21. The zero-order chi connectivity index (χ0) is 12.2. The Labute approximate surface area is 92.2 Å². The number of aliphatic carboxylic acids is 1. The molecular weight excluding hydrogens is 243 g/mol. The number of alkyl halides is 3. The van der Waals surface area contributed by atoms with E-state index >= 15 is 0 Å². The van der Waals surface area contributed by atoms with Gasteiger partial charge in [0, 0.05) is 11.6 Å². The summed E-state index contributed by atoms with van der Waals surface area (Å²) in [5.41, 5.74) is 0. The summed E-state index contributed by atoms with van der Waals surface area (Å²) in [4.78, 5) is 14.2. The van der Waals surface area contributed by atoms with Gasteiger partial charge in [0.25, 0.3) is 0 Å². The molecule has 0 amide bonds. The first kappa shape index (κ1) is 12.4. The number of fused-ring (bicyclic) bond motifs is 1. The standard InChI is InChI=1S/C7H5NS.C2HF3O2/c1-2-6-3-5-9-7(6)8-4-1;3-2(4,5)1(6)7/h1-5H;(H,6,7). The average molecular weight is 249 g/mol. The summed E-state index contributed by atoms with van der Waals surface area (Å²) in [6.07, 6.45) is -3.27. The van der Waals surface area contributed by atoms with Crippen LogP contribution >= 0.6 is 11.3 Å². The SMILES string of the molecule is O=C(O)C(F)(F)F.c1cnc2sccc2c1. The highest BCUT2D eigenvalue weighted by molar-refractivity contribution is 7.16. The predicted molar refractivity (Wildman–Crippen MR) is 53.3 cm³/mol. The van der Waals surface area contributed by atoms with E-state index in [1.807, 2.05) is 12.3 Å². The highest BCUT2D eigenvalue weighted by atomic mass is 32.1. The zero-order valence-electron chi connectivity index (χ0n) is 7.73. The van der Waals surface area contributed by atoms with Crippen molar-refractivity contribution >= 4 is 27.5 Å². The van der Waals surface area contributed by atoms with Gasteiger partial charge in [-0.05, 0) is 17.5 Å². The van der Waals surface area contributed by atoms with Gasteiger partial charge in [-0.15, -0.1) is 11.3 Å². The Morgan fingerprint density at radius 1 is 1.38 bits per heavy atom. The number of halogens is 3. The molecule has 7 heteroatoms. The third-order valence-electron chi connectivity index (χ3n) is 1.47. The molecule has 2 heterocycles. The molecule has 0 radical (unpaired) electrons. The molecule has 1 N–H and O–H groups in total. The maximum absolute atomic E-state index is 10.6. The minimum Gasteiger partial charge on any atom is -0.475 e. The van der Waals surface area contributed by atoms with Crippen LogP contribution in [0.3, 0.4) is 0 Å². The fraction of sp³-hybridized carbons (Fsp3) is 0.111. The topological polar surface area (TPSA) is 50.2 Å². The van der Waals surface area contributed by atoms with Crippen molar-refractivity contribution < 1.29 is 23.1 Å². The average Bonchev–Trinajstić information content (AvgIpc) is 2.64. The summed E-state index contributed by atoms with van der Waals surface area (Å²) in [7, 11) is 0. The first-order valence-electron chi connectivity index (χ1n) is 3.99. The minimum absolute atomic E-state index is 1.12. The van der Waals surface area contributed by atoms with Gasteiger partial charge in [-0.25, -0.2) is 9.78 Å². The molecule has 0 aliphatic rings. The van der Waals surface area contributed by atoms with E-state index in [1.54, 1.807) is 11.3 Å². The van der Waals surface area contributed by atoms with E-state index in [4.69, 9.17) is 9.90 Å². The number of carboxylic acids is 1. The number of carbonyl (C=O) groups is 1. The number of hydrogen-bond acceptors (Lipinski definition) is 3. The number of thiophene rings is 1. The van der Waals surface area contributed by atoms with Crippen molar-refractivity contribution in [3.63, 3.8) is 0 Å². The molecule has 0 bridgehead atoms. The van der Waals surface area contributed by atoms with Gasteiger partial charge in [-0.3, -0.25) is 0 Å². The Morgan fingerprint density at radius 2 is 2.00 bits per heavy atom. The largest absolute Gasteiger partial charge is 0.490 e. The van der Waals surface area contributed by atoms with Gasteiger partial charge in [0.1, 0.15) is 4.83 Å². The molecule has 0 spiro atoms. The summed E-state index contributed by atoms with van der Waals surface area (Å²) in [5, 5.41) is 10.4. The molecule has 2 rings (SSSR count). The molecule has 0 aliphatic carbocycles. The van der Waals surface area contributed by atoms with Crippen LogP contribution in [0.15, 0.2) is 29.8 Å². The van der Waals surface area contributed by atoms with Gasteiger partial charge in [0.05, 0.1) is 0 Å². The van der Waals surface area contributed by atoms with Gasteiger partial charge in [-0.1, -0.05) is 6.07 Å². The second-order valence-corrected chi connectivity index (χ2v) is 3.52. The Balaban J connectivity index is 0.000000168. The summed E-state index contributed by atoms with van der Waals surface area (Å²) >= 11 is 1.68. The van der Waals surface area contributed by atoms with E-state index in [2.05, 4.69) is 22.5 Å². The highest BCUT2D eigenvalue weighted by Gasteiger charge is 2.38. The van der Waals surface area contributed by atoms with Gasteiger partial charge in [0.15, 0.2) is 0 Å². The Bertz CT molecular complexity index is 451. The van der Waals surface area contributed by atoms with Gasteiger partial charge < -0.3 is 5.11 Å². The second-order valence-electron chi connectivity index (χ2n) is 2.62. The van der Waals surface area contributed by atoms with E-state index < -0.39 is 12.1 Å². The first-order chi connectivity index (χ1) is 7.41. The highest BCUT2D eigenvalue weighted by Crippen LogP contribution is 2.16. The molecule has 86 valence electrons. The quantitative estimate of drug-likeness (QED) is 0.781. The Kier molecular flexibility index (Phi) is 3.83. The van der Waals surface area contributed by atoms with Crippen molar-refractivity contribution in [2.75, 3.05) is 0 Å². The summed E-state index contributed by atoms with van der Waals surface area (Å²) < 4.78 is 31.7. The molecule has 0 aliphatic heterocycles. The summed E-state index contributed by atoms with van der Waals surface area (Å²) in [6.45, 7) is 0. The summed E-state index contributed by atoms with van der Waals surface area (Å²) in [6, 6.07) is 6.10. The zero-order valence-corrected chi connectivity index (χ0v) is 8.55. The Hall–Kier alpha value is -1.63. The van der Waals surface area contributed by atoms with Gasteiger partial charge >= 0.3 is 12.1 Å². The third kappa shape index (κ3) is 3.50. The molecule has 0 fully saturated rings. The van der Waals surface area contributed by atoms with Crippen molar-refractivity contribution in [1.82, 2.24) is 4.98 Å². The second kappa shape index (κ2) is 4.93. The van der Waals surface area contributed by atoms with Crippen LogP contribution in [0.4, 0.5) is 13.2 Å². The van der Waals surface area contributed by atoms with Crippen LogP contribution in [0.25, 0.3) is 10.2 Å². The smallest absolute Gasteiger partial charge is 0.475 e. The minimum atomic E-state index is -5.08. The fourth-order valence-electron chi connectivity index (χ4n) is 0.800. The number of nitrogens with zero attached hydrogens (tertiary/aromatic N) is 1. The molecule has 2 aromatic rings. The van der Waals surface area contributed by atoms with Crippen LogP contribution in [-0.4, -0.2) is 22.2 Å². The van der Waals surface area contributed by atoms with Crippen LogP contribution in [0, 0.1) is 0 Å². The molecule has 0 unspecified atom stereocenters. The van der Waals surface area contributed by atoms with Crippen molar-refractivity contribution in [3.05, 3.63) is 29.8 Å². The lowest BCUT2D eigenvalue weighted by Gasteiger charge is -1.93. The predicted octanol–water partition coefficient (Wildman–Crippen LogP) is 2.93. The van der Waals surface area contributed by atoms with E-state index in [0.29, 0.717) is 0 Å². The van der Waals surface area contributed by atoms with Crippen LogP contribution in [0.1, 0.15) is 0 Å². The molecule has 0 aromatic carbocycles. The van der Waals surface area contributed by atoms with Gasteiger partial charge in [0.2, 0.25) is 0 Å². The number of rotatable bonds is 0. The van der Waals surface area contributed by atoms with E-state index in [9.17, 15) is 13.2 Å². The molecule has 0 saturated carbocycles. The fourth-order valence-corrected chi connectivity index (χ4v) is 1.54. The third-order valence-corrected chi connectivity index (χ3v) is 2.31. The number of pyridine rings is 1. The lowest BCUT2D eigenvalue weighted by atomic mass is 10.4. The monoisotopic (exact) mass is 249 g/mol. The van der Waals surface area contributed by atoms with Gasteiger partial charge in [-0.2, -0.15) is 13.2 Å². The molecule has 16 heavy (non-hydrogen) atoms. The first-order valence-corrected chi connectivity index (χ1v) is 4.87. The van der Waals surface area contributed by atoms with E-state index in [1.165, 1.54) is 5.39 Å². The number of carboxylic acid groups (broad SMARTS) is 1. The van der Waals surface area contributed by atoms with Crippen LogP contribution < -0.4 is 0 Å². The van der Waals surface area contributed by atoms with Crippen molar-refractivity contribution in [2.24, 2.45) is 0 Å². The van der Waals surface area contributed by atoms with Crippen molar-refractivity contribution in [3.8, 4) is 0 Å². The molecule has 0 saturated heterocycles. The normalized spacial score (nSPS) is 10.7. The lowest BCUT2D eigenvalue weighted by molar-refractivity contribution is -0.192. The van der Waals surface area contributed by atoms with E-state index in [-0.39, 0.29) is 0 Å². The molecule has 2 aromatic heterocycles. The maximum atomic E-state index is 10.6. The van der Waals surface area contributed by atoms with Crippen LogP contribution in [0.2, 0.25) is 0 Å².